The highest BCUT2D eigenvalue weighted by Gasteiger charge is 2.09. The highest BCUT2D eigenvalue weighted by atomic mass is 16.1. The van der Waals surface area contributed by atoms with Crippen LogP contribution in [0.5, 0.6) is 0 Å². The second-order valence-electron chi connectivity index (χ2n) is 3.81. The molecule has 2 aromatic rings. The Bertz CT molecular complexity index is 522. The van der Waals surface area contributed by atoms with Gasteiger partial charge in [0.2, 0.25) is 0 Å². The predicted octanol–water partition coefficient (Wildman–Crippen LogP) is 1.45. The van der Waals surface area contributed by atoms with Crippen LogP contribution < -0.4 is 5.69 Å². The molecule has 0 unspecified atom stereocenters. The first-order chi connectivity index (χ1) is 6.59. The van der Waals surface area contributed by atoms with Crippen molar-refractivity contribution in [3.05, 3.63) is 34.0 Å². The van der Waals surface area contributed by atoms with Crippen LogP contribution in [0.3, 0.4) is 0 Å². The molecule has 4 heteroatoms. The number of hydrogen-bond donors (Lipinski definition) is 1. The molecule has 0 bridgehead atoms. The average Bonchev–Trinajstić information content (AvgIpc) is 2.47. The van der Waals surface area contributed by atoms with E-state index >= 15 is 0 Å². The van der Waals surface area contributed by atoms with E-state index < -0.39 is 0 Å². The molecular weight excluding hydrogens is 178 g/mol. The summed E-state index contributed by atoms with van der Waals surface area (Å²) in [6, 6.07) is 1.95. The molecule has 0 saturated carbocycles. The molecule has 0 aliphatic rings. The summed E-state index contributed by atoms with van der Waals surface area (Å²) in [6.45, 7) is 6.06. The van der Waals surface area contributed by atoms with Crippen LogP contribution in [0.25, 0.3) is 5.52 Å². The van der Waals surface area contributed by atoms with Gasteiger partial charge < -0.3 is 4.98 Å². The Morgan fingerprint density at radius 3 is 2.86 bits per heavy atom. The highest BCUT2D eigenvalue weighted by Crippen LogP contribution is 2.18. The lowest BCUT2D eigenvalue weighted by molar-refractivity contribution is 0.855. The third kappa shape index (κ3) is 1.23. The molecule has 0 aliphatic heterocycles. The molecule has 0 atom stereocenters. The molecule has 2 heterocycles. The fraction of sp³-hybridized carbons (Fsp3) is 0.400. The zero-order chi connectivity index (χ0) is 10.3. The summed E-state index contributed by atoms with van der Waals surface area (Å²) < 4.78 is 1.41. The number of aryl methyl sites for hydroxylation is 1. The normalized spacial score (nSPS) is 11.4. The fourth-order valence-electron chi connectivity index (χ4n) is 1.58. The first kappa shape index (κ1) is 8.99. The van der Waals surface area contributed by atoms with E-state index in [2.05, 4.69) is 23.9 Å². The van der Waals surface area contributed by atoms with Gasteiger partial charge in [-0.1, -0.05) is 13.8 Å². The lowest BCUT2D eigenvalue weighted by atomic mass is 10.1. The topological polar surface area (TPSA) is 50.2 Å². The predicted molar refractivity (Wildman–Crippen MR) is 54.6 cm³/mol. The van der Waals surface area contributed by atoms with E-state index in [9.17, 15) is 4.79 Å². The molecule has 0 fully saturated rings. The van der Waals surface area contributed by atoms with E-state index in [0.29, 0.717) is 5.92 Å². The quantitative estimate of drug-likeness (QED) is 0.741. The van der Waals surface area contributed by atoms with Gasteiger partial charge in [-0.2, -0.15) is 9.61 Å². The van der Waals surface area contributed by atoms with Gasteiger partial charge in [-0.05, 0) is 18.9 Å². The Balaban J connectivity index is 2.85. The highest BCUT2D eigenvalue weighted by molar-refractivity contribution is 5.55. The largest absolute Gasteiger partial charge is 0.346 e. The van der Waals surface area contributed by atoms with Crippen molar-refractivity contribution in [3.8, 4) is 0 Å². The third-order valence-electron chi connectivity index (χ3n) is 2.31. The van der Waals surface area contributed by atoms with Crippen molar-refractivity contribution < 1.29 is 0 Å². The number of fused-ring (bicyclic) bond motifs is 1. The van der Waals surface area contributed by atoms with Crippen molar-refractivity contribution in [3.63, 3.8) is 0 Å². The van der Waals surface area contributed by atoms with Crippen LogP contribution in [-0.2, 0) is 0 Å². The fourth-order valence-corrected chi connectivity index (χ4v) is 1.58. The summed E-state index contributed by atoms with van der Waals surface area (Å²) in [6.07, 6.45) is 1.76. The zero-order valence-corrected chi connectivity index (χ0v) is 8.53. The van der Waals surface area contributed by atoms with Gasteiger partial charge in [0.1, 0.15) is 0 Å². The van der Waals surface area contributed by atoms with Gasteiger partial charge in [-0.15, -0.1) is 0 Å². The number of hydrogen-bond acceptors (Lipinski definition) is 2. The first-order valence-electron chi connectivity index (χ1n) is 4.67. The second-order valence-corrected chi connectivity index (χ2v) is 3.81. The zero-order valence-electron chi connectivity index (χ0n) is 8.53. The Morgan fingerprint density at radius 2 is 2.21 bits per heavy atom. The van der Waals surface area contributed by atoms with E-state index in [1.807, 2.05) is 13.0 Å². The van der Waals surface area contributed by atoms with E-state index in [-0.39, 0.29) is 5.69 Å². The second kappa shape index (κ2) is 2.97. The van der Waals surface area contributed by atoms with Crippen LogP contribution in [0.15, 0.2) is 17.1 Å². The molecule has 0 amide bonds. The number of rotatable bonds is 1. The Labute approximate surface area is 81.6 Å². The van der Waals surface area contributed by atoms with Gasteiger partial charge in [0.15, 0.2) is 0 Å². The Kier molecular flexibility index (Phi) is 1.91. The summed E-state index contributed by atoms with van der Waals surface area (Å²) in [7, 11) is 0. The minimum absolute atomic E-state index is 0.174. The summed E-state index contributed by atoms with van der Waals surface area (Å²) in [4.78, 5) is 14.2. The standard InChI is InChI=1S/C10H13N3O/c1-6(2)8-5-11-13-9(8)4-7(3)12-10(13)14/h4-6H,1-3H3,(H,12,14). The first-order valence-corrected chi connectivity index (χ1v) is 4.67. The lowest BCUT2D eigenvalue weighted by Gasteiger charge is -2.01. The van der Waals surface area contributed by atoms with Crippen LogP contribution in [0.1, 0.15) is 31.0 Å². The van der Waals surface area contributed by atoms with Gasteiger partial charge in [0.25, 0.3) is 0 Å². The molecule has 0 aliphatic carbocycles. The average molecular weight is 191 g/mol. The Morgan fingerprint density at radius 1 is 1.50 bits per heavy atom. The molecule has 4 nitrogen and oxygen atoms in total. The molecule has 1 N–H and O–H groups in total. The summed E-state index contributed by atoms with van der Waals surface area (Å²) >= 11 is 0. The minimum Gasteiger partial charge on any atom is -0.310 e. The Hall–Kier alpha value is -1.58. The molecule has 74 valence electrons. The number of aromatic amines is 1. The van der Waals surface area contributed by atoms with Crippen molar-refractivity contribution in [2.45, 2.75) is 26.7 Å². The summed E-state index contributed by atoms with van der Waals surface area (Å²) in [5.41, 5.74) is 2.71. The summed E-state index contributed by atoms with van der Waals surface area (Å²) in [5.74, 6) is 0.383. The van der Waals surface area contributed by atoms with E-state index in [1.165, 1.54) is 4.52 Å². The molecule has 2 rings (SSSR count). The molecule has 0 spiro atoms. The maximum Gasteiger partial charge on any atom is 0.346 e. The van der Waals surface area contributed by atoms with Crippen LogP contribution >= 0.6 is 0 Å². The van der Waals surface area contributed by atoms with Gasteiger partial charge in [0.05, 0.1) is 11.7 Å². The molecule has 0 radical (unpaired) electrons. The maximum absolute atomic E-state index is 11.5. The molecule has 2 aromatic heterocycles. The van der Waals surface area contributed by atoms with Crippen molar-refractivity contribution >= 4 is 5.52 Å². The number of nitrogens with one attached hydrogen (secondary N) is 1. The van der Waals surface area contributed by atoms with Crippen LogP contribution in [0.4, 0.5) is 0 Å². The van der Waals surface area contributed by atoms with E-state index in [4.69, 9.17) is 0 Å². The van der Waals surface area contributed by atoms with Crippen LogP contribution in [0, 0.1) is 6.92 Å². The molecule has 0 aromatic carbocycles. The van der Waals surface area contributed by atoms with Gasteiger partial charge >= 0.3 is 5.69 Å². The van der Waals surface area contributed by atoms with E-state index in [1.54, 1.807) is 6.20 Å². The van der Waals surface area contributed by atoms with Gasteiger partial charge in [-0.25, -0.2) is 4.79 Å². The summed E-state index contributed by atoms with van der Waals surface area (Å²) in [5, 5.41) is 4.05. The van der Waals surface area contributed by atoms with Crippen LogP contribution in [-0.4, -0.2) is 14.6 Å². The molecule has 14 heavy (non-hydrogen) atoms. The number of aromatic nitrogens is 3. The number of H-pyrrole nitrogens is 1. The van der Waals surface area contributed by atoms with Gasteiger partial charge in [-0.3, -0.25) is 0 Å². The lowest BCUT2D eigenvalue weighted by Crippen LogP contribution is -2.17. The van der Waals surface area contributed by atoms with Crippen molar-refractivity contribution in [1.82, 2.24) is 14.6 Å². The van der Waals surface area contributed by atoms with Crippen molar-refractivity contribution in [1.29, 1.82) is 0 Å². The monoisotopic (exact) mass is 191 g/mol. The minimum atomic E-state index is -0.174. The van der Waals surface area contributed by atoms with Crippen molar-refractivity contribution in [2.75, 3.05) is 0 Å². The molecule has 0 saturated heterocycles. The molecular formula is C10H13N3O. The van der Waals surface area contributed by atoms with Crippen LogP contribution in [0.2, 0.25) is 0 Å². The van der Waals surface area contributed by atoms with E-state index in [0.717, 1.165) is 16.8 Å². The SMILES string of the molecule is Cc1cc2c(C(C)C)cnn2c(=O)[nH]1. The third-order valence-corrected chi connectivity index (χ3v) is 2.31. The maximum atomic E-state index is 11.5. The van der Waals surface area contributed by atoms with Gasteiger partial charge in [0, 0.05) is 11.3 Å². The smallest absolute Gasteiger partial charge is 0.310 e. The van der Waals surface area contributed by atoms with Crippen molar-refractivity contribution in [2.24, 2.45) is 0 Å². The number of nitrogens with zero attached hydrogens (tertiary/aromatic N) is 2.